The number of aryl methyl sites for hydroxylation is 2. The summed E-state index contributed by atoms with van der Waals surface area (Å²) in [6.45, 7) is 12.8. The maximum Gasteiger partial charge on any atom is 0.0625 e. The molecule has 1 atom stereocenters. The summed E-state index contributed by atoms with van der Waals surface area (Å²) in [4.78, 5) is 0. The van der Waals surface area contributed by atoms with Crippen LogP contribution in [0.2, 0.25) is 0 Å². The van der Waals surface area contributed by atoms with Gasteiger partial charge >= 0.3 is 0 Å². The van der Waals surface area contributed by atoms with Gasteiger partial charge in [-0.15, -0.1) is 11.6 Å². The van der Waals surface area contributed by atoms with Crippen LogP contribution in [0.1, 0.15) is 52.4 Å². The zero-order valence-electron chi connectivity index (χ0n) is 13.0. The van der Waals surface area contributed by atoms with Gasteiger partial charge in [0.15, 0.2) is 0 Å². The van der Waals surface area contributed by atoms with Crippen molar-refractivity contribution in [1.82, 2.24) is 15.1 Å². The van der Waals surface area contributed by atoms with E-state index < -0.39 is 0 Å². The van der Waals surface area contributed by atoms with Gasteiger partial charge in [0, 0.05) is 25.0 Å². The highest BCUT2D eigenvalue weighted by Crippen LogP contribution is 2.22. The normalized spacial score (nSPS) is 13.8. The topological polar surface area (TPSA) is 29.9 Å². The van der Waals surface area contributed by atoms with Gasteiger partial charge in [-0.1, -0.05) is 27.7 Å². The van der Waals surface area contributed by atoms with Crippen molar-refractivity contribution in [3.05, 3.63) is 17.5 Å². The Labute approximate surface area is 122 Å². The van der Waals surface area contributed by atoms with Crippen molar-refractivity contribution in [1.29, 1.82) is 0 Å². The quantitative estimate of drug-likeness (QED) is 0.776. The van der Waals surface area contributed by atoms with Gasteiger partial charge in [-0.2, -0.15) is 5.10 Å². The van der Waals surface area contributed by atoms with Gasteiger partial charge in [-0.05, 0) is 31.2 Å². The van der Waals surface area contributed by atoms with E-state index in [1.807, 2.05) is 0 Å². The molecule has 0 aliphatic carbocycles. The van der Waals surface area contributed by atoms with Crippen LogP contribution in [0.3, 0.4) is 0 Å². The smallest absolute Gasteiger partial charge is 0.0625 e. The van der Waals surface area contributed by atoms with Crippen molar-refractivity contribution in [2.24, 2.45) is 5.41 Å². The minimum absolute atomic E-state index is 0.222. The Morgan fingerprint density at radius 1 is 1.37 bits per heavy atom. The Balaban J connectivity index is 2.70. The number of alkyl halides is 1. The van der Waals surface area contributed by atoms with Gasteiger partial charge < -0.3 is 5.32 Å². The molecule has 0 aromatic carbocycles. The van der Waals surface area contributed by atoms with Crippen molar-refractivity contribution in [2.45, 2.75) is 66.6 Å². The molecule has 1 N–H and O–H groups in total. The Bertz CT molecular complexity index is 379. The maximum absolute atomic E-state index is 5.91. The second-order valence-corrected chi connectivity index (χ2v) is 6.45. The molecule has 1 aromatic heterocycles. The van der Waals surface area contributed by atoms with E-state index >= 15 is 0 Å². The molecular formula is C15H28ClN3. The second-order valence-electron chi connectivity index (χ2n) is 6.07. The Kier molecular flexibility index (Phi) is 6.34. The Morgan fingerprint density at radius 2 is 2.05 bits per heavy atom. The largest absolute Gasteiger partial charge is 0.308 e. The van der Waals surface area contributed by atoms with E-state index in [-0.39, 0.29) is 5.41 Å². The molecule has 1 aromatic rings. The molecule has 0 saturated heterocycles. The Hall–Kier alpha value is -0.540. The molecule has 4 heteroatoms. The fraction of sp³-hybridized carbons (Fsp3) is 0.800. The average Bonchev–Trinajstić information content (AvgIpc) is 2.75. The lowest BCUT2D eigenvalue weighted by atomic mass is 9.85. The minimum Gasteiger partial charge on any atom is -0.308 e. The van der Waals surface area contributed by atoms with Crippen LogP contribution in [-0.2, 0) is 19.5 Å². The molecule has 0 radical (unpaired) electrons. The third-order valence-electron chi connectivity index (χ3n) is 3.55. The molecule has 1 heterocycles. The third-order valence-corrected chi connectivity index (χ3v) is 3.77. The fourth-order valence-electron chi connectivity index (χ4n) is 2.28. The first kappa shape index (κ1) is 16.5. The molecule has 0 amide bonds. The minimum atomic E-state index is 0.222. The standard InChI is InChI=1S/C15H28ClN3/c1-6-12-10-13(19(7-2)18-12)11-17-14(8-9-16)15(3,4)5/h10,14,17H,6-9,11H2,1-5H3. The van der Waals surface area contributed by atoms with Gasteiger partial charge in [0.05, 0.1) is 11.4 Å². The molecule has 0 bridgehead atoms. The molecule has 110 valence electrons. The van der Waals surface area contributed by atoms with Crippen LogP contribution < -0.4 is 5.32 Å². The van der Waals surface area contributed by atoms with Crippen LogP contribution in [0, 0.1) is 5.41 Å². The molecule has 0 fully saturated rings. The van der Waals surface area contributed by atoms with E-state index in [0.29, 0.717) is 11.9 Å². The lowest BCUT2D eigenvalue weighted by Gasteiger charge is -2.31. The molecule has 0 aliphatic heterocycles. The van der Waals surface area contributed by atoms with Crippen molar-refractivity contribution < 1.29 is 0 Å². The van der Waals surface area contributed by atoms with Crippen molar-refractivity contribution >= 4 is 11.6 Å². The summed E-state index contributed by atoms with van der Waals surface area (Å²) >= 11 is 5.91. The summed E-state index contributed by atoms with van der Waals surface area (Å²) in [5.74, 6) is 0.697. The maximum atomic E-state index is 5.91. The highest BCUT2D eigenvalue weighted by Gasteiger charge is 2.23. The number of halogens is 1. The number of rotatable bonds is 7. The third kappa shape index (κ3) is 4.81. The molecule has 1 unspecified atom stereocenters. The number of nitrogens with zero attached hydrogens (tertiary/aromatic N) is 2. The predicted octanol–water partition coefficient (Wildman–Crippen LogP) is 3.60. The zero-order valence-corrected chi connectivity index (χ0v) is 13.7. The summed E-state index contributed by atoms with van der Waals surface area (Å²) in [6, 6.07) is 2.63. The number of nitrogens with one attached hydrogen (secondary N) is 1. The molecule has 0 saturated carbocycles. The first-order valence-corrected chi connectivity index (χ1v) is 7.80. The summed E-state index contributed by atoms with van der Waals surface area (Å²) in [5, 5.41) is 8.23. The van der Waals surface area contributed by atoms with Crippen molar-refractivity contribution in [3.8, 4) is 0 Å². The first-order chi connectivity index (χ1) is 8.92. The van der Waals surface area contributed by atoms with E-state index in [4.69, 9.17) is 11.6 Å². The van der Waals surface area contributed by atoms with Crippen LogP contribution >= 0.6 is 11.6 Å². The average molecular weight is 286 g/mol. The summed E-state index contributed by atoms with van der Waals surface area (Å²) in [7, 11) is 0. The van der Waals surface area contributed by atoms with Gasteiger partial charge in [0.2, 0.25) is 0 Å². The van der Waals surface area contributed by atoms with E-state index in [1.54, 1.807) is 0 Å². The van der Waals surface area contributed by atoms with Gasteiger partial charge in [-0.25, -0.2) is 0 Å². The lowest BCUT2D eigenvalue weighted by Crippen LogP contribution is -2.40. The van der Waals surface area contributed by atoms with Crippen molar-refractivity contribution in [3.63, 3.8) is 0 Å². The lowest BCUT2D eigenvalue weighted by molar-refractivity contribution is 0.258. The number of hydrogen-bond acceptors (Lipinski definition) is 2. The van der Waals surface area contributed by atoms with Gasteiger partial charge in [0.25, 0.3) is 0 Å². The van der Waals surface area contributed by atoms with Crippen LogP contribution in [0.15, 0.2) is 6.07 Å². The molecule has 0 spiro atoms. The number of hydrogen-bond donors (Lipinski definition) is 1. The SMILES string of the molecule is CCc1cc(CNC(CCCl)C(C)(C)C)n(CC)n1. The first-order valence-electron chi connectivity index (χ1n) is 7.27. The van der Waals surface area contributed by atoms with Crippen molar-refractivity contribution in [2.75, 3.05) is 5.88 Å². The molecule has 3 nitrogen and oxygen atoms in total. The highest BCUT2D eigenvalue weighted by molar-refractivity contribution is 6.17. The molecule has 0 aliphatic rings. The molecular weight excluding hydrogens is 258 g/mol. The van der Waals surface area contributed by atoms with E-state index in [0.717, 1.165) is 25.9 Å². The van der Waals surface area contributed by atoms with Crippen LogP contribution in [0.25, 0.3) is 0 Å². The van der Waals surface area contributed by atoms with Crippen LogP contribution in [0.4, 0.5) is 0 Å². The van der Waals surface area contributed by atoms with Gasteiger partial charge in [0.1, 0.15) is 0 Å². The molecule has 19 heavy (non-hydrogen) atoms. The molecule has 1 rings (SSSR count). The van der Waals surface area contributed by atoms with Crippen LogP contribution in [0.5, 0.6) is 0 Å². The Morgan fingerprint density at radius 3 is 2.53 bits per heavy atom. The van der Waals surface area contributed by atoms with E-state index in [2.05, 4.69) is 55.8 Å². The van der Waals surface area contributed by atoms with E-state index in [9.17, 15) is 0 Å². The van der Waals surface area contributed by atoms with Crippen LogP contribution in [-0.4, -0.2) is 21.7 Å². The summed E-state index contributed by atoms with van der Waals surface area (Å²) in [5.41, 5.74) is 2.66. The zero-order chi connectivity index (χ0) is 14.5. The monoisotopic (exact) mass is 285 g/mol. The summed E-state index contributed by atoms with van der Waals surface area (Å²) < 4.78 is 2.09. The highest BCUT2D eigenvalue weighted by atomic mass is 35.5. The summed E-state index contributed by atoms with van der Waals surface area (Å²) in [6.07, 6.45) is 1.98. The van der Waals surface area contributed by atoms with Gasteiger partial charge in [-0.3, -0.25) is 4.68 Å². The number of aromatic nitrogens is 2. The fourth-order valence-corrected chi connectivity index (χ4v) is 2.50. The van der Waals surface area contributed by atoms with E-state index in [1.165, 1.54) is 11.4 Å². The predicted molar refractivity (Wildman–Crippen MR) is 82.7 cm³/mol. The second kappa shape index (κ2) is 7.30.